The van der Waals surface area contributed by atoms with Crippen molar-refractivity contribution in [3.8, 4) is 16.8 Å². The lowest BCUT2D eigenvalue weighted by molar-refractivity contribution is -0.120. The lowest BCUT2D eigenvalue weighted by Crippen LogP contribution is -2.17. The number of imidazole rings is 1. The van der Waals surface area contributed by atoms with Crippen molar-refractivity contribution < 1.29 is 9.59 Å². The molecule has 0 bridgehead atoms. The second-order valence-corrected chi connectivity index (χ2v) is 7.31. The molecule has 8 heteroatoms. The van der Waals surface area contributed by atoms with Crippen LogP contribution in [-0.2, 0) is 11.2 Å². The first-order chi connectivity index (χ1) is 15.6. The summed E-state index contributed by atoms with van der Waals surface area (Å²) in [6, 6.07) is 17.0. The molecule has 0 spiro atoms. The highest BCUT2D eigenvalue weighted by Crippen LogP contribution is 2.21. The van der Waals surface area contributed by atoms with Gasteiger partial charge in [-0.25, -0.2) is 4.98 Å². The topological polar surface area (TPSA) is 105 Å². The van der Waals surface area contributed by atoms with Crippen LogP contribution in [0.3, 0.4) is 0 Å². The standard InChI is InChI=1S/C24H24N6O2/c1-25-22(31)12-6-9-20-16-30(21-10-3-2-4-11-21)24(28-20)29-23(32)18-8-5-7-17(13-18)19-14-26-27-15-19/h2-5,7-8,10-11,13-16H,6,9,12H2,1H3,(H,25,31)(H,26,27)(H,28,29,32). The summed E-state index contributed by atoms with van der Waals surface area (Å²) < 4.78 is 1.85. The number of amides is 2. The van der Waals surface area contributed by atoms with Crippen molar-refractivity contribution in [3.05, 3.63) is 84.4 Å². The van der Waals surface area contributed by atoms with E-state index < -0.39 is 0 Å². The molecule has 0 fully saturated rings. The number of carbonyl (C=O) groups is 2. The molecule has 162 valence electrons. The Kier molecular flexibility index (Phi) is 6.41. The molecule has 0 aliphatic carbocycles. The zero-order valence-electron chi connectivity index (χ0n) is 17.7. The molecule has 32 heavy (non-hydrogen) atoms. The lowest BCUT2D eigenvalue weighted by atomic mass is 10.1. The largest absolute Gasteiger partial charge is 0.359 e. The Morgan fingerprint density at radius 1 is 1.06 bits per heavy atom. The number of hydrogen-bond donors (Lipinski definition) is 3. The summed E-state index contributed by atoms with van der Waals surface area (Å²) in [5, 5.41) is 12.3. The molecule has 4 aromatic rings. The Morgan fingerprint density at radius 2 is 1.91 bits per heavy atom. The average molecular weight is 428 g/mol. The molecule has 2 heterocycles. The molecule has 4 rings (SSSR count). The predicted octanol–water partition coefficient (Wildman–Crippen LogP) is 3.58. The highest BCUT2D eigenvalue weighted by Gasteiger charge is 2.15. The maximum Gasteiger partial charge on any atom is 0.258 e. The van der Waals surface area contributed by atoms with Gasteiger partial charge in [0.25, 0.3) is 5.91 Å². The number of hydrogen-bond acceptors (Lipinski definition) is 4. The van der Waals surface area contributed by atoms with Crippen LogP contribution in [0.1, 0.15) is 28.9 Å². The van der Waals surface area contributed by atoms with E-state index in [1.165, 1.54) is 0 Å². The molecule has 0 aliphatic heterocycles. The van der Waals surface area contributed by atoms with Crippen molar-refractivity contribution in [3.63, 3.8) is 0 Å². The first-order valence-electron chi connectivity index (χ1n) is 10.4. The Balaban J connectivity index is 1.57. The molecule has 0 saturated carbocycles. The van der Waals surface area contributed by atoms with Crippen molar-refractivity contribution in [1.82, 2.24) is 25.1 Å². The maximum atomic E-state index is 13.0. The second kappa shape index (κ2) is 9.74. The number of rotatable bonds is 8. The predicted molar refractivity (Wildman–Crippen MR) is 123 cm³/mol. The Bertz CT molecular complexity index is 1200. The quantitative estimate of drug-likeness (QED) is 0.399. The van der Waals surface area contributed by atoms with Crippen LogP contribution in [0.15, 0.2) is 73.2 Å². The Hall–Kier alpha value is -4.20. The van der Waals surface area contributed by atoms with Gasteiger partial charge < -0.3 is 5.32 Å². The smallest absolute Gasteiger partial charge is 0.258 e. The average Bonchev–Trinajstić information content (AvgIpc) is 3.50. The van der Waals surface area contributed by atoms with E-state index in [1.807, 2.05) is 59.3 Å². The van der Waals surface area contributed by atoms with Crippen LogP contribution in [0, 0.1) is 0 Å². The Labute approximate surface area is 185 Å². The molecule has 0 radical (unpaired) electrons. The molecular weight excluding hydrogens is 404 g/mol. The normalized spacial score (nSPS) is 10.7. The molecule has 3 N–H and O–H groups in total. The van der Waals surface area contributed by atoms with Crippen LogP contribution >= 0.6 is 0 Å². The number of anilines is 1. The van der Waals surface area contributed by atoms with Crippen LogP contribution in [0.5, 0.6) is 0 Å². The number of carbonyl (C=O) groups excluding carboxylic acids is 2. The lowest BCUT2D eigenvalue weighted by Gasteiger charge is -2.09. The number of nitrogens with one attached hydrogen (secondary N) is 3. The van der Waals surface area contributed by atoms with E-state index in [0.29, 0.717) is 30.8 Å². The zero-order valence-corrected chi connectivity index (χ0v) is 17.7. The van der Waals surface area contributed by atoms with Crippen molar-refractivity contribution >= 4 is 17.8 Å². The third-order valence-corrected chi connectivity index (χ3v) is 5.09. The van der Waals surface area contributed by atoms with Gasteiger partial charge in [0.15, 0.2) is 0 Å². The SMILES string of the molecule is CNC(=O)CCCc1cn(-c2ccccc2)c(NC(=O)c2cccc(-c3cn[nH]c3)c2)n1. The van der Waals surface area contributed by atoms with E-state index >= 15 is 0 Å². The van der Waals surface area contributed by atoms with Crippen molar-refractivity contribution in [1.29, 1.82) is 0 Å². The van der Waals surface area contributed by atoms with Gasteiger partial charge in [0.05, 0.1) is 11.9 Å². The molecule has 0 saturated heterocycles. The van der Waals surface area contributed by atoms with E-state index in [1.54, 1.807) is 25.5 Å². The number of aryl methyl sites for hydroxylation is 1. The number of aromatic nitrogens is 4. The van der Waals surface area contributed by atoms with Gasteiger partial charge in [-0.15, -0.1) is 0 Å². The summed E-state index contributed by atoms with van der Waals surface area (Å²) in [6.07, 6.45) is 7.13. The fourth-order valence-electron chi connectivity index (χ4n) is 3.40. The van der Waals surface area contributed by atoms with E-state index in [0.717, 1.165) is 22.5 Å². The monoisotopic (exact) mass is 428 g/mol. The van der Waals surface area contributed by atoms with Gasteiger partial charge in [-0.05, 0) is 42.7 Å². The Morgan fingerprint density at radius 3 is 2.66 bits per heavy atom. The van der Waals surface area contributed by atoms with Crippen LogP contribution < -0.4 is 10.6 Å². The minimum Gasteiger partial charge on any atom is -0.359 e. The second-order valence-electron chi connectivity index (χ2n) is 7.31. The van der Waals surface area contributed by atoms with Gasteiger partial charge in [0.1, 0.15) is 0 Å². The van der Waals surface area contributed by atoms with Gasteiger partial charge in [0.2, 0.25) is 11.9 Å². The highest BCUT2D eigenvalue weighted by atomic mass is 16.2. The summed E-state index contributed by atoms with van der Waals surface area (Å²) in [6.45, 7) is 0. The van der Waals surface area contributed by atoms with Crippen LogP contribution in [0.4, 0.5) is 5.95 Å². The summed E-state index contributed by atoms with van der Waals surface area (Å²) >= 11 is 0. The van der Waals surface area contributed by atoms with Crippen molar-refractivity contribution in [2.24, 2.45) is 0 Å². The number of nitrogens with zero attached hydrogens (tertiary/aromatic N) is 3. The first-order valence-corrected chi connectivity index (χ1v) is 10.4. The molecule has 0 atom stereocenters. The third kappa shape index (κ3) is 4.92. The molecule has 2 aromatic carbocycles. The molecule has 2 aromatic heterocycles. The minimum atomic E-state index is -0.255. The molecule has 8 nitrogen and oxygen atoms in total. The summed E-state index contributed by atoms with van der Waals surface area (Å²) in [7, 11) is 1.63. The summed E-state index contributed by atoms with van der Waals surface area (Å²) in [5.41, 5.74) is 4.02. The van der Waals surface area contributed by atoms with E-state index in [2.05, 4.69) is 25.8 Å². The minimum absolute atomic E-state index is 0.00137. The fourth-order valence-corrected chi connectivity index (χ4v) is 3.40. The van der Waals surface area contributed by atoms with Gasteiger partial charge in [-0.3, -0.25) is 24.6 Å². The molecular formula is C24H24N6O2. The number of benzene rings is 2. The zero-order chi connectivity index (χ0) is 22.3. The van der Waals surface area contributed by atoms with E-state index in [4.69, 9.17) is 0 Å². The van der Waals surface area contributed by atoms with Gasteiger partial charge in [0, 0.05) is 42.7 Å². The van der Waals surface area contributed by atoms with Gasteiger partial charge >= 0.3 is 0 Å². The number of para-hydroxylation sites is 1. The number of H-pyrrole nitrogens is 1. The fraction of sp³-hybridized carbons (Fsp3) is 0.167. The summed E-state index contributed by atoms with van der Waals surface area (Å²) in [4.78, 5) is 29.2. The van der Waals surface area contributed by atoms with Crippen LogP contribution in [0.25, 0.3) is 16.8 Å². The first kappa shape index (κ1) is 21.0. The van der Waals surface area contributed by atoms with E-state index in [9.17, 15) is 9.59 Å². The van der Waals surface area contributed by atoms with Crippen LogP contribution in [-0.4, -0.2) is 38.6 Å². The van der Waals surface area contributed by atoms with Crippen molar-refractivity contribution in [2.75, 3.05) is 12.4 Å². The molecule has 0 aliphatic rings. The summed E-state index contributed by atoms with van der Waals surface area (Å²) in [5.74, 6) is 0.179. The van der Waals surface area contributed by atoms with Gasteiger partial charge in [-0.2, -0.15) is 5.10 Å². The van der Waals surface area contributed by atoms with Crippen molar-refractivity contribution in [2.45, 2.75) is 19.3 Å². The van der Waals surface area contributed by atoms with Crippen LogP contribution in [0.2, 0.25) is 0 Å². The molecule has 0 unspecified atom stereocenters. The van der Waals surface area contributed by atoms with E-state index in [-0.39, 0.29) is 11.8 Å². The molecule has 2 amide bonds. The van der Waals surface area contributed by atoms with Gasteiger partial charge in [-0.1, -0.05) is 30.3 Å². The maximum absolute atomic E-state index is 13.0. The third-order valence-electron chi connectivity index (χ3n) is 5.09. The highest BCUT2D eigenvalue weighted by molar-refractivity contribution is 6.04. The number of aromatic amines is 1.